The van der Waals surface area contributed by atoms with Crippen molar-refractivity contribution in [2.24, 2.45) is 0 Å². The molecule has 0 aliphatic rings. The molecule has 0 saturated carbocycles. The van der Waals surface area contributed by atoms with Gasteiger partial charge in [0.2, 0.25) is 0 Å². The molecule has 0 atom stereocenters. The van der Waals surface area contributed by atoms with E-state index in [9.17, 15) is 0 Å². The highest BCUT2D eigenvalue weighted by atomic mass is 32.1. The van der Waals surface area contributed by atoms with Gasteiger partial charge in [0.05, 0.1) is 5.69 Å². The second kappa shape index (κ2) is 5.22. The third kappa shape index (κ3) is 3.77. The summed E-state index contributed by atoms with van der Waals surface area (Å²) in [7, 11) is 0. The van der Waals surface area contributed by atoms with Crippen LogP contribution in [0.1, 0.15) is 46.7 Å². The van der Waals surface area contributed by atoms with Gasteiger partial charge in [-0.1, -0.05) is 21.3 Å². The van der Waals surface area contributed by atoms with Crippen LogP contribution in [0.5, 0.6) is 0 Å². The highest BCUT2D eigenvalue weighted by molar-refractivity contribution is 7.13. The van der Waals surface area contributed by atoms with E-state index in [1.165, 1.54) is 5.69 Å². The lowest BCUT2D eigenvalue weighted by Gasteiger charge is -2.04. The summed E-state index contributed by atoms with van der Waals surface area (Å²) in [5.41, 5.74) is 1.18. The fraction of sp³-hybridized carbons (Fsp3) is 0.700. The summed E-state index contributed by atoms with van der Waals surface area (Å²) in [6, 6.07) is 0.469. The average molecular weight is 200 g/mol. The van der Waals surface area contributed by atoms with Crippen molar-refractivity contribution in [3.8, 4) is 0 Å². The SMILES string of the molecule is C.CC(C)Nc1nc(C(C)C)cs1. The normalized spacial score (nSPS) is 10.3. The van der Waals surface area contributed by atoms with Gasteiger partial charge in [0, 0.05) is 11.4 Å². The van der Waals surface area contributed by atoms with E-state index in [1.54, 1.807) is 11.3 Å². The van der Waals surface area contributed by atoms with E-state index < -0.39 is 0 Å². The molecule has 1 aromatic rings. The Kier molecular flexibility index (Phi) is 4.99. The smallest absolute Gasteiger partial charge is 0.183 e. The Morgan fingerprint density at radius 1 is 1.31 bits per heavy atom. The summed E-state index contributed by atoms with van der Waals surface area (Å²) in [6.45, 7) is 8.56. The predicted molar refractivity (Wildman–Crippen MR) is 61.7 cm³/mol. The lowest BCUT2D eigenvalue weighted by atomic mass is 10.2. The van der Waals surface area contributed by atoms with Gasteiger partial charge in [-0.05, 0) is 19.8 Å². The molecule has 1 N–H and O–H groups in total. The molecule has 2 nitrogen and oxygen atoms in total. The second-order valence-corrected chi connectivity index (χ2v) is 4.39. The van der Waals surface area contributed by atoms with E-state index >= 15 is 0 Å². The quantitative estimate of drug-likeness (QED) is 0.804. The van der Waals surface area contributed by atoms with Gasteiger partial charge in [0.25, 0.3) is 0 Å². The van der Waals surface area contributed by atoms with E-state index in [4.69, 9.17) is 0 Å². The molecule has 0 bridgehead atoms. The first kappa shape index (κ1) is 12.4. The summed E-state index contributed by atoms with van der Waals surface area (Å²) in [5.74, 6) is 0.531. The molecule has 1 rings (SSSR count). The number of hydrogen-bond donors (Lipinski definition) is 1. The van der Waals surface area contributed by atoms with Crippen molar-refractivity contribution in [2.75, 3.05) is 5.32 Å². The molecular formula is C10H20N2S. The maximum Gasteiger partial charge on any atom is 0.183 e. The molecule has 13 heavy (non-hydrogen) atoms. The number of rotatable bonds is 3. The van der Waals surface area contributed by atoms with Gasteiger partial charge in [-0.15, -0.1) is 11.3 Å². The lowest BCUT2D eigenvalue weighted by molar-refractivity contribution is 0.827. The molecule has 0 spiro atoms. The Balaban J connectivity index is 0.00000144. The number of aromatic nitrogens is 1. The van der Waals surface area contributed by atoms with Gasteiger partial charge in [-0.3, -0.25) is 0 Å². The number of anilines is 1. The molecule has 1 heterocycles. The Hall–Kier alpha value is -0.570. The number of thiazole rings is 1. The molecule has 0 fully saturated rings. The zero-order valence-electron chi connectivity index (χ0n) is 8.09. The van der Waals surface area contributed by atoms with Crippen LogP contribution in [0.25, 0.3) is 0 Å². The van der Waals surface area contributed by atoms with Crippen molar-refractivity contribution in [1.82, 2.24) is 4.98 Å². The van der Waals surface area contributed by atoms with Crippen molar-refractivity contribution < 1.29 is 0 Å². The Labute approximate surface area is 85.4 Å². The van der Waals surface area contributed by atoms with E-state index in [0.717, 1.165) is 5.13 Å². The van der Waals surface area contributed by atoms with Gasteiger partial charge >= 0.3 is 0 Å². The summed E-state index contributed by atoms with van der Waals surface area (Å²) >= 11 is 1.68. The van der Waals surface area contributed by atoms with Crippen molar-refractivity contribution in [3.63, 3.8) is 0 Å². The third-order valence-corrected chi connectivity index (χ3v) is 2.32. The van der Waals surface area contributed by atoms with Crippen LogP contribution in [0.2, 0.25) is 0 Å². The number of nitrogens with one attached hydrogen (secondary N) is 1. The van der Waals surface area contributed by atoms with Crippen LogP contribution in [-0.2, 0) is 0 Å². The molecular weight excluding hydrogens is 180 g/mol. The van der Waals surface area contributed by atoms with Crippen molar-refractivity contribution >= 4 is 16.5 Å². The van der Waals surface area contributed by atoms with Gasteiger partial charge in [0.1, 0.15) is 0 Å². The molecule has 3 heteroatoms. The van der Waals surface area contributed by atoms with Crippen LogP contribution in [0, 0.1) is 0 Å². The van der Waals surface area contributed by atoms with E-state index in [0.29, 0.717) is 12.0 Å². The first-order valence-corrected chi connectivity index (χ1v) is 5.19. The van der Waals surface area contributed by atoms with Crippen LogP contribution < -0.4 is 5.32 Å². The van der Waals surface area contributed by atoms with Crippen LogP contribution in [0.15, 0.2) is 5.38 Å². The minimum absolute atomic E-state index is 0. The molecule has 0 saturated heterocycles. The van der Waals surface area contributed by atoms with Crippen molar-refractivity contribution in [3.05, 3.63) is 11.1 Å². The van der Waals surface area contributed by atoms with E-state index in [2.05, 4.69) is 43.4 Å². The maximum absolute atomic E-state index is 4.46. The third-order valence-electron chi connectivity index (χ3n) is 1.53. The Morgan fingerprint density at radius 2 is 1.92 bits per heavy atom. The Morgan fingerprint density at radius 3 is 2.31 bits per heavy atom. The van der Waals surface area contributed by atoms with Crippen molar-refractivity contribution in [1.29, 1.82) is 0 Å². The van der Waals surface area contributed by atoms with Gasteiger partial charge in [-0.2, -0.15) is 0 Å². The first-order chi connectivity index (χ1) is 5.59. The van der Waals surface area contributed by atoms with Gasteiger partial charge in [-0.25, -0.2) is 4.98 Å². The molecule has 1 aromatic heterocycles. The highest BCUT2D eigenvalue weighted by Crippen LogP contribution is 2.21. The lowest BCUT2D eigenvalue weighted by Crippen LogP contribution is -2.09. The standard InChI is InChI=1S/C9H16N2S.CH4/c1-6(2)8-5-12-9(11-8)10-7(3)4;/h5-7H,1-4H3,(H,10,11);1H4. The summed E-state index contributed by atoms with van der Waals surface area (Å²) in [6.07, 6.45) is 0. The fourth-order valence-electron chi connectivity index (χ4n) is 0.865. The predicted octanol–water partition coefficient (Wildman–Crippen LogP) is 3.72. The molecule has 0 unspecified atom stereocenters. The molecule has 0 aliphatic heterocycles. The largest absolute Gasteiger partial charge is 0.359 e. The van der Waals surface area contributed by atoms with Gasteiger partial charge in [0.15, 0.2) is 5.13 Å². The average Bonchev–Trinajstić information content (AvgIpc) is 2.34. The minimum Gasteiger partial charge on any atom is -0.359 e. The zero-order valence-corrected chi connectivity index (χ0v) is 8.90. The van der Waals surface area contributed by atoms with Crippen LogP contribution in [0.4, 0.5) is 5.13 Å². The zero-order chi connectivity index (χ0) is 9.14. The minimum atomic E-state index is 0. The molecule has 76 valence electrons. The second-order valence-electron chi connectivity index (χ2n) is 3.53. The number of hydrogen-bond acceptors (Lipinski definition) is 3. The highest BCUT2D eigenvalue weighted by Gasteiger charge is 2.05. The molecule has 0 aromatic carbocycles. The molecule has 0 radical (unpaired) electrons. The first-order valence-electron chi connectivity index (χ1n) is 4.31. The van der Waals surface area contributed by atoms with Crippen LogP contribution in [-0.4, -0.2) is 11.0 Å². The van der Waals surface area contributed by atoms with Crippen LogP contribution >= 0.6 is 11.3 Å². The number of nitrogens with zero attached hydrogens (tertiary/aromatic N) is 1. The van der Waals surface area contributed by atoms with Crippen LogP contribution in [0.3, 0.4) is 0 Å². The van der Waals surface area contributed by atoms with E-state index in [-0.39, 0.29) is 7.43 Å². The monoisotopic (exact) mass is 200 g/mol. The maximum atomic E-state index is 4.46. The molecule has 0 amide bonds. The Bertz CT molecular complexity index is 241. The fourth-order valence-corrected chi connectivity index (χ4v) is 1.88. The summed E-state index contributed by atoms with van der Waals surface area (Å²) in [4.78, 5) is 4.46. The summed E-state index contributed by atoms with van der Waals surface area (Å²) < 4.78 is 0. The van der Waals surface area contributed by atoms with Gasteiger partial charge < -0.3 is 5.32 Å². The molecule has 0 aliphatic carbocycles. The topological polar surface area (TPSA) is 24.9 Å². The van der Waals surface area contributed by atoms with E-state index in [1.807, 2.05) is 0 Å². The van der Waals surface area contributed by atoms with Crippen molar-refractivity contribution in [2.45, 2.75) is 47.1 Å². The summed E-state index contributed by atoms with van der Waals surface area (Å²) in [5, 5.41) is 6.44.